The van der Waals surface area contributed by atoms with Gasteiger partial charge in [0.25, 0.3) is 0 Å². The molecule has 25 heavy (non-hydrogen) atoms. The van der Waals surface area contributed by atoms with Gasteiger partial charge in [0.15, 0.2) is 5.78 Å². The molecule has 0 spiro atoms. The second kappa shape index (κ2) is 5.56. The molecule has 4 rings (SSSR count). The zero-order chi connectivity index (χ0) is 18.0. The maximum atomic E-state index is 12.7. The molecule has 4 aliphatic carbocycles. The molecule has 0 aromatic heterocycles. The van der Waals surface area contributed by atoms with Crippen LogP contribution in [0.1, 0.15) is 65.7 Å². The van der Waals surface area contributed by atoms with Crippen LogP contribution in [0.3, 0.4) is 0 Å². The number of Topliss-reactive ketones (excluding diaryl/α,β-unsaturated/α-hetero) is 1. The van der Waals surface area contributed by atoms with Gasteiger partial charge in [0, 0.05) is 18.8 Å². The van der Waals surface area contributed by atoms with Gasteiger partial charge >= 0.3 is 5.97 Å². The molecule has 3 heteroatoms. The lowest BCUT2D eigenvalue weighted by Crippen LogP contribution is -2.50. The van der Waals surface area contributed by atoms with Crippen molar-refractivity contribution in [2.24, 2.45) is 28.6 Å². The number of hydrogen-bond donors (Lipinski definition) is 0. The zero-order valence-electron chi connectivity index (χ0n) is 15.8. The number of carbonyl (C=O) groups excluding carboxylic acids is 2. The van der Waals surface area contributed by atoms with Crippen LogP contribution in [0, 0.1) is 28.6 Å². The molecule has 0 heterocycles. The fourth-order valence-electron chi connectivity index (χ4n) is 6.70. The van der Waals surface area contributed by atoms with E-state index < -0.39 is 0 Å². The predicted octanol–water partition coefficient (Wildman–Crippen LogP) is 4.62. The number of esters is 1. The number of fused-ring (bicyclic) bond motifs is 5. The van der Waals surface area contributed by atoms with Crippen LogP contribution in [0.5, 0.6) is 0 Å². The Hall–Kier alpha value is -1.38. The number of hydrogen-bond acceptors (Lipinski definition) is 3. The molecule has 0 aliphatic heterocycles. The SMILES string of the molecule is C=C1C[C@H]2[C@@H]3CC=C4C[C@@H](OC(C)=O)CC[C@]4(C)[C@H]3CC[C@]2(C)C1=O. The smallest absolute Gasteiger partial charge is 0.302 e. The molecule has 0 N–H and O–H groups in total. The van der Waals surface area contributed by atoms with Gasteiger partial charge in [-0.25, -0.2) is 0 Å². The van der Waals surface area contributed by atoms with Crippen LogP contribution in [-0.4, -0.2) is 17.9 Å². The lowest BCUT2D eigenvalue weighted by Gasteiger charge is -2.56. The van der Waals surface area contributed by atoms with Crippen LogP contribution in [0.4, 0.5) is 0 Å². The highest BCUT2D eigenvalue weighted by Gasteiger charge is 2.59. The van der Waals surface area contributed by atoms with E-state index in [1.807, 2.05) is 0 Å². The lowest BCUT2D eigenvalue weighted by atomic mass is 9.48. The van der Waals surface area contributed by atoms with Gasteiger partial charge in [0.1, 0.15) is 6.10 Å². The number of ketones is 1. The third-order valence-electron chi connectivity index (χ3n) is 8.09. The first-order valence-corrected chi connectivity index (χ1v) is 9.85. The molecule has 3 saturated carbocycles. The van der Waals surface area contributed by atoms with E-state index in [-0.39, 0.29) is 22.9 Å². The van der Waals surface area contributed by atoms with Crippen LogP contribution in [0.15, 0.2) is 23.8 Å². The molecule has 4 aliphatic rings. The monoisotopic (exact) mass is 342 g/mol. The highest BCUT2D eigenvalue weighted by molar-refractivity contribution is 6.02. The molecule has 0 unspecified atom stereocenters. The highest BCUT2D eigenvalue weighted by atomic mass is 16.5. The number of rotatable bonds is 1. The highest BCUT2D eigenvalue weighted by Crippen LogP contribution is 2.64. The molecule has 3 nitrogen and oxygen atoms in total. The van der Waals surface area contributed by atoms with E-state index in [4.69, 9.17) is 4.74 Å². The summed E-state index contributed by atoms with van der Waals surface area (Å²) in [5.41, 5.74) is 2.40. The molecule has 0 saturated heterocycles. The number of carbonyl (C=O) groups is 2. The Balaban J connectivity index is 1.62. The van der Waals surface area contributed by atoms with Crippen LogP contribution < -0.4 is 0 Å². The summed E-state index contributed by atoms with van der Waals surface area (Å²) in [5, 5.41) is 0. The summed E-state index contributed by atoms with van der Waals surface area (Å²) in [6.45, 7) is 10.2. The topological polar surface area (TPSA) is 43.4 Å². The Kier molecular flexibility index (Phi) is 3.79. The first kappa shape index (κ1) is 17.1. The second-order valence-corrected chi connectivity index (χ2v) is 9.33. The fourth-order valence-corrected chi connectivity index (χ4v) is 6.70. The zero-order valence-corrected chi connectivity index (χ0v) is 15.8. The molecule has 0 radical (unpaired) electrons. The maximum Gasteiger partial charge on any atom is 0.302 e. The molecular weight excluding hydrogens is 312 g/mol. The van der Waals surface area contributed by atoms with Crippen molar-refractivity contribution in [1.82, 2.24) is 0 Å². The quantitative estimate of drug-likeness (QED) is 0.397. The summed E-state index contributed by atoms with van der Waals surface area (Å²) in [4.78, 5) is 24.0. The van der Waals surface area contributed by atoms with E-state index in [0.717, 1.165) is 50.5 Å². The van der Waals surface area contributed by atoms with Crippen molar-refractivity contribution in [3.63, 3.8) is 0 Å². The van der Waals surface area contributed by atoms with Crippen molar-refractivity contribution < 1.29 is 14.3 Å². The third-order valence-corrected chi connectivity index (χ3v) is 8.09. The Bertz CT molecular complexity index is 675. The number of allylic oxidation sites excluding steroid dienone is 2. The summed E-state index contributed by atoms with van der Waals surface area (Å²) in [7, 11) is 0. The Labute approximate surface area is 150 Å². The van der Waals surface area contributed by atoms with E-state index in [0.29, 0.717) is 23.5 Å². The summed E-state index contributed by atoms with van der Waals surface area (Å²) < 4.78 is 5.50. The minimum Gasteiger partial charge on any atom is -0.462 e. The average molecular weight is 342 g/mol. The van der Waals surface area contributed by atoms with Gasteiger partial charge in [0.05, 0.1) is 0 Å². The molecule has 0 aromatic rings. The van der Waals surface area contributed by atoms with Crippen molar-refractivity contribution in [2.45, 2.75) is 71.8 Å². The van der Waals surface area contributed by atoms with E-state index in [2.05, 4.69) is 26.5 Å². The third kappa shape index (κ3) is 2.38. The normalized spacial score (nSPS) is 46.0. The van der Waals surface area contributed by atoms with Gasteiger partial charge < -0.3 is 4.74 Å². The molecule has 6 atom stereocenters. The summed E-state index contributed by atoms with van der Waals surface area (Å²) in [6, 6.07) is 0. The Morgan fingerprint density at radius 1 is 1.16 bits per heavy atom. The van der Waals surface area contributed by atoms with Crippen molar-refractivity contribution in [2.75, 3.05) is 0 Å². The second-order valence-electron chi connectivity index (χ2n) is 9.33. The van der Waals surface area contributed by atoms with Crippen LogP contribution in [0.25, 0.3) is 0 Å². The van der Waals surface area contributed by atoms with Gasteiger partial charge in [-0.05, 0) is 67.3 Å². The number of ether oxygens (including phenoxy) is 1. The summed E-state index contributed by atoms with van der Waals surface area (Å²) in [6.07, 6.45) is 9.54. The standard InChI is InChI=1S/C22H30O3/c1-13-11-19-17-6-5-15-12-16(25-14(2)23)7-9-21(15,3)18(17)8-10-22(19,4)20(13)24/h5,16-19H,1,6-12H2,2-4H3/t16-,17+,18-,19-,21-,22-/m0/s1. The van der Waals surface area contributed by atoms with Gasteiger partial charge in [-0.2, -0.15) is 0 Å². The first-order chi connectivity index (χ1) is 11.8. The van der Waals surface area contributed by atoms with Crippen molar-refractivity contribution in [1.29, 1.82) is 0 Å². The molecular formula is C22H30O3. The van der Waals surface area contributed by atoms with E-state index in [1.54, 1.807) is 0 Å². The average Bonchev–Trinajstić information content (AvgIpc) is 2.78. The van der Waals surface area contributed by atoms with Crippen LogP contribution >= 0.6 is 0 Å². The van der Waals surface area contributed by atoms with Crippen molar-refractivity contribution in [3.05, 3.63) is 23.8 Å². The lowest BCUT2D eigenvalue weighted by molar-refractivity contribution is -0.148. The van der Waals surface area contributed by atoms with Gasteiger partial charge in [0.2, 0.25) is 0 Å². The Morgan fingerprint density at radius 2 is 1.88 bits per heavy atom. The maximum absolute atomic E-state index is 12.7. The van der Waals surface area contributed by atoms with Gasteiger partial charge in [-0.3, -0.25) is 9.59 Å². The fraction of sp³-hybridized carbons (Fsp3) is 0.727. The van der Waals surface area contributed by atoms with Crippen LogP contribution in [0.2, 0.25) is 0 Å². The summed E-state index contributed by atoms with van der Waals surface area (Å²) in [5.74, 6) is 1.88. The van der Waals surface area contributed by atoms with Gasteiger partial charge in [-0.15, -0.1) is 0 Å². The first-order valence-electron chi connectivity index (χ1n) is 9.85. The Morgan fingerprint density at radius 3 is 2.60 bits per heavy atom. The molecule has 3 fully saturated rings. The van der Waals surface area contributed by atoms with E-state index >= 15 is 0 Å². The largest absolute Gasteiger partial charge is 0.462 e. The summed E-state index contributed by atoms with van der Waals surface area (Å²) >= 11 is 0. The molecule has 0 bridgehead atoms. The van der Waals surface area contributed by atoms with Crippen LogP contribution in [-0.2, 0) is 14.3 Å². The molecule has 0 amide bonds. The van der Waals surface area contributed by atoms with E-state index in [9.17, 15) is 9.59 Å². The minimum absolute atomic E-state index is 0.0510. The molecule has 136 valence electrons. The van der Waals surface area contributed by atoms with E-state index in [1.165, 1.54) is 12.5 Å². The minimum atomic E-state index is -0.172. The van der Waals surface area contributed by atoms with Gasteiger partial charge in [-0.1, -0.05) is 32.1 Å². The molecule has 0 aromatic carbocycles. The van der Waals surface area contributed by atoms with Crippen molar-refractivity contribution in [3.8, 4) is 0 Å². The van der Waals surface area contributed by atoms with Crippen molar-refractivity contribution >= 4 is 11.8 Å². The predicted molar refractivity (Wildman–Crippen MR) is 96.8 cm³/mol.